The summed E-state index contributed by atoms with van der Waals surface area (Å²) >= 11 is 0. The van der Waals surface area contributed by atoms with Crippen LogP contribution < -0.4 is 0 Å². The summed E-state index contributed by atoms with van der Waals surface area (Å²) in [4.78, 5) is 14.2. The molecular weight excluding hydrogens is 286 g/mol. The van der Waals surface area contributed by atoms with Gasteiger partial charge in [-0.25, -0.2) is 4.79 Å². The van der Waals surface area contributed by atoms with Gasteiger partial charge in [0.1, 0.15) is 5.60 Å². The first-order valence-electron chi connectivity index (χ1n) is 8.39. The minimum Gasteiger partial charge on any atom is -0.444 e. The van der Waals surface area contributed by atoms with Crippen LogP contribution in [-0.4, -0.2) is 29.7 Å². The van der Waals surface area contributed by atoms with Crippen molar-refractivity contribution in [2.24, 2.45) is 0 Å². The summed E-state index contributed by atoms with van der Waals surface area (Å²) in [6, 6.07) is 15.0. The Morgan fingerprint density at radius 2 is 1.87 bits per heavy atom. The first kappa shape index (κ1) is 15.9. The second kappa shape index (κ2) is 6.23. The zero-order valence-corrected chi connectivity index (χ0v) is 14.2. The van der Waals surface area contributed by atoms with E-state index in [0.29, 0.717) is 5.92 Å². The van der Waals surface area contributed by atoms with E-state index < -0.39 is 5.60 Å². The number of carbonyl (C=O) groups excluding carboxylic acids is 1. The standard InChI is InChI=1S/C20H25NO2/c1-20(2,3)23-19(22)21-12-6-9-18(14-21)17-11-10-15-7-4-5-8-16(15)13-17/h4-5,7-8,10-11,13,18H,6,9,12,14H2,1-3H3. The van der Waals surface area contributed by atoms with Crippen LogP contribution in [0.1, 0.15) is 45.1 Å². The Morgan fingerprint density at radius 3 is 2.61 bits per heavy atom. The van der Waals surface area contributed by atoms with Crippen molar-refractivity contribution in [2.45, 2.75) is 45.1 Å². The number of ether oxygens (including phenoxy) is 1. The molecule has 122 valence electrons. The number of amides is 1. The molecule has 1 atom stereocenters. The van der Waals surface area contributed by atoms with Gasteiger partial charge in [-0.1, -0.05) is 42.5 Å². The molecule has 0 aromatic heterocycles. The molecule has 2 aromatic carbocycles. The topological polar surface area (TPSA) is 29.5 Å². The Hall–Kier alpha value is -2.03. The summed E-state index contributed by atoms with van der Waals surface area (Å²) in [5.74, 6) is 0.390. The van der Waals surface area contributed by atoms with Crippen LogP contribution in [0.5, 0.6) is 0 Å². The number of hydrogen-bond donors (Lipinski definition) is 0. The third-order valence-corrected chi connectivity index (χ3v) is 4.32. The lowest BCUT2D eigenvalue weighted by Gasteiger charge is -2.34. The number of likely N-dealkylation sites (tertiary alicyclic amines) is 1. The monoisotopic (exact) mass is 311 g/mol. The number of rotatable bonds is 1. The Labute approximate surface area is 138 Å². The molecule has 2 aromatic rings. The van der Waals surface area contributed by atoms with Crippen molar-refractivity contribution in [3.63, 3.8) is 0 Å². The van der Waals surface area contributed by atoms with E-state index >= 15 is 0 Å². The molecule has 1 aliphatic heterocycles. The third-order valence-electron chi connectivity index (χ3n) is 4.32. The molecule has 1 amide bonds. The highest BCUT2D eigenvalue weighted by molar-refractivity contribution is 5.83. The molecule has 0 aliphatic carbocycles. The van der Waals surface area contributed by atoms with Crippen LogP contribution in [0.15, 0.2) is 42.5 Å². The van der Waals surface area contributed by atoms with Gasteiger partial charge in [0.2, 0.25) is 0 Å². The van der Waals surface area contributed by atoms with E-state index in [1.54, 1.807) is 0 Å². The molecule has 1 aliphatic rings. The van der Waals surface area contributed by atoms with Crippen LogP contribution in [0.3, 0.4) is 0 Å². The van der Waals surface area contributed by atoms with E-state index in [0.717, 1.165) is 25.9 Å². The minimum atomic E-state index is -0.438. The molecule has 3 nitrogen and oxygen atoms in total. The molecule has 23 heavy (non-hydrogen) atoms. The van der Waals surface area contributed by atoms with Gasteiger partial charge in [-0.3, -0.25) is 0 Å². The number of hydrogen-bond acceptors (Lipinski definition) is 2. The van der Waals surface area contributed by atoms with Gasteiger partial charge in [0, 0.05) is 19.0 Å². The lowest BCUT2D eigenvalue weighted by atomic mass is 9.89. The first-order chi connectivity index (χ1) is 10.9. The van der Waals surface area contributed by atoms with Crippen molar-refractivity contribution in [3.05, 3.63) is 48.0 Å². The first-order valence-corrected chi connectivity index (χ1v) is 8.39. The lowest BCUT2D eigenvalue weighted by molar-refractivity contribution is 0.0198. The maximum Gasteiger partial charge on any atom is 0.410 e. The molecule has 3 rings (SSSR count). The summed E-state index contributed by atoms with van der Waals surface area (Å²) in [5.41, 5.74) is 0.879. The SMILES string of the molecule is CC(C)(C)OC(=O)N1CCCC(c2ccc3ccccc3c2)C1. The number of piperidine rings is 1. The highest BCUT2D eigenvalue weighted by atomic mass is 16.6. The van der Waals surface area contributed by atoms with Crippen molar-refractivity contribution in [2.75, 3.05) is 13.1 Å². The molecule has 1 saturated heterocycles. The van der Waals surface area contributed by atoms with E-state index in [2.05, 4.69) is 42.5 Å². The number of benzene rings is 2. The van der Waals surface area contributed by atoms with Crippen LogP contribution in [0.4, 0.5) is 4.79 Å². The van der Waals surface area contributed by atoms with Gasteiger partial charge < -0.3 is 9.64 Å². The van der Waals surface area contributed by atoms with Gasteiger partial charge in [-0.15, -0.1) is 0 Å². The second-order valence-electron chi connectivity index (χ2n) is 7.37. The van der Waals surface area contributed by atoms with Crippen molar-refractivity contribution >= 4 is 16.9 Å². The minimum absolute atomic E-state index is 0.192. The van der Waals surface area contributed by atoms with Gasteiger partial charge in [-0.2, -0.15) is 0 Å². The molecule has 3 heteroatoms. The molecule has 0 spiro atoms. The molecular formula is C20H25NO2. The highest BCUT2D eigenvalue weighted by Crippen LogP contribution is 2.30. The van der Waals surface area contributed by atoms with E-state index in [1.807, 2.05) is 25.7 Å². The molecule has 1 heterocycles. The Morgan fingerprint density at radius 1 is 1.13 bits per heavy atom. The van der Waals surface area contributed by atoms with Crippen molar-refractivity contribution < 1.29 is 9.53 Å². The quantitative estimate of drug-likeness (QED) is 0.745. The molecule has 0 bridgehead atoms. The molecule has 1 unspecified atom stereocenters. The predicted octanol–water partition coefficient (Wildman–Crippen LogP) is 4.95. The fraction of sp³-hybridized carbons (Fsp3) is 0.450. The van der Waals surface area contributed by atoms with Crippen molar-refractivity contribution in [1.29, 1.82) is 0 Å². The summed E-state index contributed by atoms with van der Waals surface area (Å²) in [5, 5.41) is 2.52. The van der Waals surface area contributed by atoms with Gasteiger partial charge in [0.15, 0.2) is 0 Å². The Balaban J connectivity index is 1.75. The molecule has 0 saturated carbocycles. The maximum absolute atomic E-state index is 12.3. The maximum atomic E-state index is 12.3. The van der Waals surface area contributed by atoms with Crippen LogP contribution in [0, 0.1) is 0 Å². The number of nitrogens with zero attached hydrogens (tertiary/aromatic N) is 1. The predicted molar refractivity (Wildman–Crippen MR) is 93.7 cm³/mol. The van der Waals surface area contributed by atoms with Crippen LogP contribution in [0.25, 0.3) is 10.8 Å². The van der Waals surface area contributed by atoms with Crippen molar-refractivity contribution in [1.82, 2.24) is 4.90 Å². The van der Waals surface area contributed by atoms with Gasteiger partial charge in [0.25, 0.3) is 0 Å². The Bertz CT molecular complexity index is 702. The number of fused-ring (bicyclic) bond motifs is 1. The van der Waals surface area contributed by atoms with Crippen molar-refractivity contribution in [3.8, 4) is 0 Å². The molecule has 0 radical (unpaired) electrons. The molecule has 1 fully saturated rings. The average molecular weight is 311 g/mol. The average Bonchev–Trinajstić information content (AvgIpc) is 2.53. The van der Waals surface area contributed by atoms with Gasteiger partial charge in [0.05, 0.1) is 0 Å². The second-order valence-corrected chi connectivity index (χ2v) is 7.37. The van der Waals surface area contributed by atoms with Crippen LogP contribution in [0.2, 0.25) is 0 Å². The smallest absolute Gasteiger partial charge is 0.410 e. The highest BCUT2D eigenvalue weighted by Gasteiger charge is 2.28. The fourth-order valence-corrected chi connectivity index (χ4v) is 3.20. The van der Waals surface area contributed by atoms with Gasteiger partial charge >= 0.3 is 6.09 Å². The summed E-state index contributed by atoms with van der Waals surface area (Å²) in [6.45, 7) is 7.27. The zero-order valence-electron chi connectivity index (χ0n) is 14.2. The van der Waals surface area contributed by atoms with Crippen LogP contribution in [-0.2, 0) is 4.74 Å². The van der Waals surface area contributed by atoms with E-state index in [-0.39, 0.29) is 6.09 Å². The fourth-order valence-electron chi connectivity index (χ4n) is 3.20. The summed E-state index contributed by atoms with van der Waals surface area (Å²) in [6.07, 6.45) is 1.96. The summed E-state index contributed by atoms with van der Waals surface area (Å²) in [7, 11) is 0. The third kappa shape index (κ3) is 3.84. The number of carbonyl (C=O) groups is 1. The molecule has 0 N–H and O–H groups in total. The summed E-state index contributed by atoms with van der Waals surface area (Å²) < 4.78 is 5.52. The lowest BCUT2D eigenvalue weighted by Crippen LogP contribution is -2.42. The van der Waals surface area contributed by atoms with Gasteiger partial charge in [-0.05, 0) is 49.9 Å². The van der Waals surface area contributed by atoms with E-state index in [4.69, 9.17) is 4.74 Å². The zero-order chi connectivity index (χ0) is 16.4. The van der Waals surface area contributed by atoms with Crippen LogP contribution >= 0.6 is 0 Å². The normalized spacial score (nSPS) is 18.9. The Kier molecular flexibility index (Phi) is 4.29. The van der Waals surface area contributed by atoms with E-state index in [1.165, 1.54) is 16.3 Å². The largest absolute Gasteiger partial charge is 0.444 e. The van der Waals surface area contributed by atoms with E-state index in [9.17, 15) is 4.79 Å².